The standard InChI is InChI=1S/C26H24Cl2F3N3O5S/c1-2-39-23(35)12-13-40(37,38)34(16-19-4-3-5-21(27)24(19)28)20-9-7-18(8-10-20)25(36)33-15-17-6-11-22(32-14-17)26(29,30)31/h3-11,14H,2,12-13,15-16H2,1H3,(H,33,36). The minimum absolute atomic E-state index is 0.0760. The fraction of sp³-hybridized carbons (Fsp3) is 0.269. The lowest BCUT2D eigenvalue weighted by molar-refractivity contribution is -0.143. The van der Waals surface area contributed by atoms with Crippen LogP contribution in [0.4, 0.5) is 18.9 Å². The summed E-state index contributed by atoms with van der Waals surface area (Å²) in [6.07, 6.45) is -3.91. The molecule has 14 heteroatoms. The Morgan fingerprint density at radius 3 is 2.35 bits per heavy atom. The van der Waals surface area contributed by atoms with Crippen molar-refractivity contribution in [2.75, 3.05) is 16.7 Å². The summed E-state index contributed by atoms with van der Waals surface area (Å²) in [5.74, 6) is -1.74. The Hall–Kier alpha value is -3.35. The molecule has 0 aliphatic heterocycles. The largest absolute Gasteiger partial charge is 0.466 e. The predicted octanol–water partition coefficient (Wildman–Crippen LogP) is 5.63. The molecule has 0 saturated carbocycles. The van der Waals surface area contributed by atoms with Gasteiger partial charge in [0.1, 0.15) is 5.69 Å². The van der Waals surface area contributed by atoms with E-state index in [1.54, 1.807) is 25.1 Å². The number of sulfonamides is 1. The number of carbonyl (C=O) groups excluding carboxylic acids is 2. The summed E-state index contributed by atoms with van der Waals surface area (Å²) in [6.45, 7) is 1.45. The number of halogens is 5. The summed E-state index contributed by atoms with van der Waals surface area (Å²) < 4.78 is 70.5. The van der Waals surface area contributed by atoms with Gasteiger partial charge in [-0.15, -0.1) is 0 Å². The van der Waals surface area contributed by atoms with Crippen molar-refractivity contribution in [3.8, 4) is 0 Å². The Balaban J connectivity index is 1.79. The number of pyridine rings is 1. The lowest BCUT2D eigenvalue weighted by Gasteiger charge is -2.25. The van der Waals surface area contributed by atoms with E-state index in [4.69, 9.17) is 27.9 Å². The van der Waals surface area contributed by atoms with Gasteiger partial charge in [0.2, 0.25) is 10.0 Å². The van der Waals surface area contributed by atoms with Crippen molar-refractivity contribution in [1.29, 1.82) is 0 Å². The van der Waals surface area contributed by atoms with Crippen molar-refractivity contribution in [2.24, 2.45) is 0 Å². The number of anilines is 1. The summed E-state index contributed by atoms with van der Waals surface area (Å²) in [5, 5.41) is 2.98. The van der Waals surface area contributed by atoms with Crippen molar-refractivity contribution in [2.45, 2.75) is 32.6 Å². The van der Waals surface area contributed by atoms with Gasteiger partial charge in [0, 0.05) is 18.3 Å². The molecule has 0 bridgehead atoms. The Bertz CT molecular complexity index is 1450. The van der Waals surface area contributed by atoms with Crippen LogP contribution in [0.2, 0.25) is 10.0 Å². The van der Waals surface area contributed by atoms with Gasteiger partial charge in [0.05, 0.1) is 41.1 Å². The number of esters is 1. The van der Waals surface area contributed by atoms with Crippen LogP contribution in [0.1, 0.15) is 40.5 Å². The van der Waals surface area contributed by atoms with Crippen LogP contribution in [0.5, 0.6) is 0 Å². The molecule has 0 unspecified atom stereocenters. The van der Waals surface area contributed by atoms with E-state index >= 15 is 0 Å². The van der Waals surface area contributed by atoms with E-state index in [1.807, 2.05) is 0 Å². The second-order valence-electron chi connectivity index (χ2n) is 8.37. The van der Waals surface area contributed by atoms with Crippen molar-refractivity contribution in [1.82, 2.24) is 10.3 Å². The van der Waals surface area contributed by atoms with Gasteiger partial charge in [-0.25, -0.2) is 8.42 Å². The molecule has 2 aromatic carbocycles. The van der Waals surface area contributed by atoms with E-state index < -0.39 is 39.5 Å². The van der Waals surface area contributed by atoms with Gasteiger partial charge in [-0.3, -0.25) is 18.9 Å². The maximum atomic E-state index is 13.3. The SMILES string of the molecule is CCOC(=O)CCS(=O)(=O)N(Cc1cccc(Cl)c1Cl)c1ccc(C(=O)NCc2ccc(C(F)(F)F)nc2)cc1. The van der Waals surface area contributed by atoms with E-state index in [-0.39, 0.29) is 47.4 Å². The lowest BCUT2D eigenvalue weighted by atomic mass is 10.1. The molecule has 3 aromatic rings. The van der Waals surface area contributed by atoms with Crippen molar-refractivity contribution >= 4 is 50.8 Å². The summed E-state index contributed by atoms with van der Waals surface area (Å²) >= 11 is 12.4. The minimum atomic E-state index is -4.57. The fourth-order valence-electron chi connectivity index (χ4n) is 3.49. The van der Waals surface area contributed by atoms with Gasteiger partial charge in [0.25, 0.3) is 5.91 Å². The quantitative estimate of drug-likeness (QED) is 0.280. The van der Waals surface area contributed by atoms with E-state index in [0.29, 0.717) is 11.1 Å². The van der Waals surface area contributed by atoms with Crippen LogP contribution in [0.3, 0.4) is 0 Å². The molecule has 0 saturated heterocycles. The molecule has 0 spiro atoms. The Labute approximate surface area is 239 Å². The van der Waals surface area contributed by atoms with Gasteiger partial charge < -0.3 is 10.1 Å². The first kappa shape index (κ1) is 31.2. The summed E-state index contributed by atoms with van der Waals surface area (Å²) in [7, 11) is -4.07. The Morgan fingerprint density at radius 1 is 1.05 bits per heavy atom. The molecule has 0 aliphatic rings. The number of hydrogen-bond donors (Lipinski definition) is 1. The Morgan fingerprint density at radius 2 is 1.75 bits per heavy atom. The first-order valence-electron chi connectivity index (χ1n) is 11.8. The second-order valence-corrected chi connectivity index (χ2v) is 11.2. The molecular formula is C26H24Cl2F3N3O5S. The molecule has 0 fully saturated rings. The zero-order valence-electron chi connectivity index (χ0n) is 21.0. The number of ether oxygens (including phenoxy) is 1. The predicted molar refractivity (Wildman–Crippen MR) is 145 cm³/mol. The number of carbonyl (C=O) groups is 2. The monoisotopic (exact) mass is 617 g/mol. The van der Waals surface area contributed by atoms with Crippen LogP contribution in [0.25, 0.3) is 0 Å². The maximum absolute atomic E-state index is 13.3. The lowest BCUT2D eigenvalue weighted by Crippen LogP contribution is -2.33. The van der Waals surface area contributed by atoms with Crippen LogP contribution in [-0.2, 0) is 38.8 Å². The number of alkyl halides is 3. The van der Waals surface area contributed by atoms with E-state index in [2.05, 4.69) is 10.3 Å². The fourth-order valence-corrected chi connectivity index (χ4v) is 5.29. The van der Waals surface area contributed by atoms with Gasteiger partial charge in [-0.2, -0.15) is 13.2 Å². The number of amides is 1. The van der Waals surface area contributed by atoms with Crippen LogP contribution in [0, 0.1) is 0 Å². The van der Waals surface area contributed by atoms with Crippen LogP contribution in [0.15, 0.2) is 60.8 Å². The minimum Gasteiger partial charge on any atom is -0.466 e. The number of nitrogens with one attached hydrogen (secondary N) is 1. The molecule has 0 aliphatic carbocycles. The van der Waals surface area contributed by atoms with E-state index in [9.17, 15) is 31.2 Å². The molecule has 40 heavy (non-hydrogen) atoms. The van der Waals surface area contributed by atoms with Gasteiger partial charge in [0.15, 0.2) is 0 Å². The topological polar surface area (TPSA) is 106 Å². The molecule has 214 valence electrons. The molecular weight excluding hydrogens is 594 g/mol. The zero-order valence-corrected chi connectivity index (χ0v) is 23.4. The third kappa shape index (κ3) is 8.33. The van der Waals surface area contributed by atoms with Crippen molar-refractivity contribution < 1.29 is 35.9 Å². The third-order valence-electron chi connectivity index (χ3n) is 5.54. The van der Waals surface area contributed by atoms with Gasteiger partial charge >= 0.3 is 12.1 Å². The summed E-state index contributed by atoms with van der Waals surface area (Å²) in [4.78, 5) is 27.8. The van der Waals surface area contributed by atoms with Crippen LogP contribution >= 0.6 is 23.2 Å². The number of hydrogen-bond acceptors (Lipinski definition) is 6. The zero-order chi connectivity index (χ0) is 29.5. The maximum Gasteiger partial charge on any atom is 0.433 e. The highest BCUT2D eigenvalue weighted by Gasteiger charge is 2.32. The normalized spacial score (nSPS) is 11.7. The van der Waals surface area contributed by atoms with Crippen LogP contribution < -0.4 is 9.62 Å². The molecule has 8 nitrogen and oxygen atoms in total. The smallest absolute Gasteiger partial charge is 0.433 e. The molecule has 1 amide bonds. The molecule has 1 N–H and O–H groups in total. The molecule has 0 atom stereocenters. The molecule has 0 radical (unpaired) electrons. The average molecular weight is 618 g/mol. The average Bonchev–Trinajstić information content (AvgIpc) is 2.91. The van der Waals surface area contributed by atoms with Gasteiger partial charge in [-0.05, 0) is 54.4 Å². The van der Waals surface area contributed by atoms with E-state index in [1.165, 1.54) is 30.3 Å². The number of nitrogens with zero attached hydrogens (tertiary/aromatic N) is 2. The van der Waals surface area contributed by atoms with E-state index in [0.717, 1.165) is 16.6 Å². The number of rotatable bonds is 11. The first-order chi connectivity index (χ1) is 18.8. The number of benzene rings is 2. The van der Waals surface area contributed by atoms with Crippen LogP contribution in [-0.4, -0.2) is 37.6 Å². The highest BCUT2D eigenvalue weighted by molar-refractivity contribution is 7.92. The van der Waals surface area contributed by atoms with Crippen molar-refractivity contribution in [3.05, 3.63) is 93.2 Å². The highest BCUT2D eigenvalue weighted by atomic mass is 35.5. The van der Waals surface area contributed by atoms with Gasteiger partial charge in [-0.1, -0.05) is 41.4 Å². The molecule has 1 aromatic heterocycles. The molecule has 3 rings (SSSR count). The van der Waals surface area contributed by atoms with Crippen molar-refractivity contribution in [3.63, 3.8) is 0 Å². The first-order valence-corrected chi connectivity index (χ1v) is 14.2. The Kier molecular flexibility index (Phi) is 10.4. The number of aromatic nitrogens is 1. The summed E-state index contributed by atoms with van der Waals surface area (Å²) in [5.41, 5.74) is 0.103. The second kappa shape index (κ2) is 13.3. The highest BCUT2D eigenvalue weighted by Crippen LogP contribution is 2.30. The third-order valence-corrected chi connectivity index (χ3v) is 8.13. The molecule has 1 heterocycles. The summed E-state index contributed by atoms with van der Waals surface area (Å²) in [6, 6.07) is 12.4.